The van der Waals surface area contributed by atoms with E-state index in [-0.39, 0.29) is 51.8 Å². The van der Waals surface area contributed by atoms with Gasteiger partial charge < -0.3 is 10.0 Å². The number of nitrogens with zero attached hydrogens (tertiary/aromatic N) is 2. The van der Waals surface area contributed by atoms with E-state index in [1.165, 1.54) is 6.92 Å². The fourth-order valence-electron chi connectivity index (χ4n) is 9.77. The van der Waals surface area contributed by atoms with Gasteiger partial charge in [0, 0.05) is 31.3 Å². The molecule has 4 unspecified atom stereocenters. The van der Waals surface area contributed by atoms with E-state index in [2.05, 4.69) is 20.8 Å². The standard InChI is InChI=1S/C31H42N2O4/c1-27(2)12-13-31(26(36)33(6)7)11-8-19-24(20(31)16-27)21(34)14-23-28(19,3)10-9-22-29(23,4)15-18(17-32)25(35)30(22,5)37/h14-15,19-20,22,24,37H,8-13,16H2,1-7H3/t19?,20?,22?,24?,28-,29-,30-,31+/m0/s1. The van der Waals surface area contributed by atoms with Crippen molar-refractivity contribution in [3.63, 3.8) is 0 Å². The summed E-state index contributed by atoms with van der Waals surface area (Å²) in [7, 11) is 3.67. The second-order valence-electron chi connectivity index (χ2n) is 14.4. The number of allylic oxidation sites excluding steroid dienone is 3. The smallest absolute Gasteiger partial charge is 0.228 e. The van der Waals surface area contributed by atoms with Crippen LogP contribution in [-0.2, 0) is 14.4 Å². The molecule has 200 valence electrons. The van der Waals surface area contributed by atoms with E-state index < -0.39 is 22.2 Å². The molecule has 0 heterocycles. The number of amides is 1. The predicted molar refractivity (Wildman–Crippen MR) is 140 cm³/mol. The maximum absolute atomic E-state index is 14.2. The maximum atomic E-state index is 14.2. The lowest BCUT2D eigenvalue weighted by atomic mass is 9.39. The van der Waals surface area contributed by atoms with Crippen LogP contribution in [0, 0.1) is 56.7 Å². The lowest BCUT2D eigenvalue weighted by molar-refractivity contribution is -0.169. The third kappa shape index (κ3) is 3.35. The highest BCUT2D eigenvalue weighted by molar-refractivity contribution is 6.06. The molecule has 0 radical (unpaired) electrons. The van der Waals surface area contributed by atoms with Crippen molar-refractivity contribution in [2.75, 3.05) is 14.1 Å². The van der Waals surface area contributed by atoms with Crippen molar-refractivity contribution in [1.29, 1.82) is 5.26 Å². The van der Waals surface area contributed by atoms with Crippen molar-refractivity contribution in [2.45, 2.75) is 85.2 Å². The Morgan fingerprint density at radius 3 is 2.32 bits per heavy atom. The highest BCUT2D eigenvalue weighted by Crippen LogP contribution is 2.69. The van der Waals surface area contributed by atoms with Gasteiger partial charge in [0.05, 0.1) is 11.0 Å². The highest BCUT2D eigenvalue weighted by atomic mass is 16.3. The first-order chi connectivity index (χ1) is 17.0. The Kier molecular flexibility index (Phi) is 5.61. The molecule has 0 saturated heterocycles. The molecule has 0 aromatic rings. The zero-order valence-electron chi connectivity index (χ0n) is 23.5. The Hall–Kier alpha value is -2.26. The van der Waals surface area contributed by atoms with Crippen LogP contribution in [0.4, 0.5) is 0 Å². The summed E-state index contributed by atoms with van der Waals surface area (Å²) in [6, 6.07) is 2.01. The third-order valence-electron chi connectivity index (χ3n) is 11.6. The van der Waals surface area contributed by atoms with Gasteiger partial charge in [0.15, 0.2) is 5.78 Å². The molecule has 6 heteroatoms. The molecule has 0 spiro atoms. The highest BCUT2D eigenvalue weighted by Gasteiger charge is 2.67. The summed E-state index contributed by atoms with van der Waals surface area (Å²) >= 11 is 0. The molecule has 5 aliphatic carbocycles. The Bertz CT molecular complexity index is 1190. The molecular formula is C31H42N2O4. The lowest BCUT2D eigenvalue weighted by Crippen LogP contribution is -2.63. The van der Waals surface area contributed by atoms with Gasteiger partial charge in [-0.15, -0.1) is 0 Å². The summed E-state index contributed by atoms with van der Waals surface area (Å²) < 4.78 is 0. The minimum Gasteiger partial charge on any atom is -0.382 e. The van der Waals surface area contributed by atoms with Gasteiger partial charge in [-0.3, -0.25) is 14.4 Å². The van der Waals surface area contributed by atoms with Crippen molar-refractivity contribution in [3.8, 4) is 6.07 Å². The second-order valence-corrected chi connectivity index (χ2v) is 14.4. The second kappa shape index (κ2) is 7.88. The van der Waals surface area contributed by atoms with Gasteiger partial charge in [-0.2, -0.15) is 5.26 Å². The molecule has 0 aliphatic heterocycles. The molecule has 1 amide bonds. The zero-order chi connectivity index (χ0) is 27.3. The molecule has 1 N–H and O–H groups in total. The Morgan fingerprint density at radius 2 is 1.70 bits per heavy atom. The van der Waals surface area contributed by atoms with Gasteiger partial charge in [0.2, 0.25) is 11.7 Å². The largest absolute Gasteiger partial charge is 0.382 e. The molecule has 8 atom stereocenters. The summed E-state index contributed by atoms with van der Waals surface area (Å²) in [6.45, 7) is 10.3. The summed E-state index contributed by atoms with van der Waals surface area (Å²) in [4.78, 5) is 42.6. The van der Waals surface area contributed by atoms with Crippen molar-refractivity contribution < 1.29 is 19.5 Å². The third-order valence-corrected chi connectivity index (χ3v) is 11.6. The Balaban J connectivity index is 1.66. The van der Waals surface area contributed by atoms with Crippen molar-refractivity contribution >= 4 is 17.5 Å². The van der Waals surface area contributed by atoms with Gasteiger partial charge in [0.25, 0.3) is 0 Å². The fraction of sp³-hybridized carbons (Fsp3) is 0.742. The van der Waals surface area contributed by atoms with E-state index >= 15 is 0 Å². The monoisotopic (exact) mass is 506 g/mol. The zero-order valence-corrected chi connectivity index (χ0v) is 23.5. The summed E-state index contributed by atoms with van der Waals surface area (Å²) in [5, 5.41) is 21.1. The number of carbonyl (C=O) groups excluding carboxylic acids is 3. The minimum atomic E-state index is -1.65. The average Bonchev–Trinajstić information content (AvgIpc) is 2.81. The van der Waals surface area contributed by atoms with Crippen molar-refractivity contribution in [3.05, 3.63) is 23.3 Å². The van der Waals surface area contributed by atoms with Crippen LogP contribution in [0.2, 0.25) is 0 Å². The number of fused-ring (bicyclic) bond motifs is 7. The van der Waals surface area contributed by atoms with E-state index in [9.17, 15) is 24.8 Å². The van der Waals surface area contributed by atoms with Gasteiger partial charge in [0.1, 0.15) is 11.7 Å². The lowest BCUT2D eigenvalue weighted by Gasteiger charge is -2.64. The number of carbonyl (C=O) groups is 3. The summed E-state index contributed by atoms with van der Waals surface area (Å²) in [6.07, 6.45) is 9.24. The number of rotatable bonds is 1. The van der Waals surface area contributed by atoms with Crippen LogP contribution in [-0.4, -0.2) is 47.2 Å². The van der Waals surface area contributed by atoms with E-state index in [1.54, 1.807) is 11.0 Å². The Labute approximate surface area is 221 Å². The van der Waals surface area contributed by atoms with Crippen LogP contribution >= 0.6 is 0 Å². The number of hydrogen-bond donors (Lipinski definition) is 1. The van der Waals surface area contributed by atoms with Crippen LogP contribution in [0.5, 0.6) is 0 Å². The molecule has 0 bridgehead atoms. The number of Topliss-reactive ketones (excluding diaryl/α,β-unsaturated/α-hetero) is 1. The minimum absolute atomic E-state index is 0.00110. The summed E-state index contributed by atoms with van der Waals surface area (Å²) in [5.41, 5.74) is -2.18. The van der Waals surface area contributed by atoms with Crippen LogP contribution in [0.3, 0.4) is 0 Å². The average molecular weight is 507 g/mol. The van der Waals surface area contributed by atoms with Crippen LogP contribution in [0.15, 0.2) is 23.3 Å². The van der Waals surface area contributed by atoms with E-state index in [0.29, 0.717) is 6.42 Å². The van der Waals surface area contributed by atoms with E-state index in [4.69, 9.17) is 0 Å². The van der Waals surface area contributed by atoms with E-state index in [0.717, 1.165) is 44.1 Å². The van der Waals surface area contributed by atoms with Crippen LogP contribution in [0.25, 0.3) is 0 Å². The quantitative estimate of drug-likeness (QED) is 0.559. The molecule has 5 rings (SSSR count). The molecule has 5 aliphatic rings. The first kappa shape index (κ1) is 26.4. The molecule has 3 fully saturated rings. The molecule has 0 aromatic heterocycles. The molecule has 6 nitrogen and oxygen atoms in total. The first-order valence-electron chi connectivity index (χ1n) is 13.9. The molecule has 0 aromatic carbocycles. The first-order valence-corrected chi connectivity index (χ1v) is 13.9. The number of hydrogen-bond acceptors (Lipinski definition) is 5. The molecule has 37 heavy (non-hydrogen) atoms. The van der Waals surface area contributed by atoms with Crippen LogP contribution < -0.4 is 0 Å². The topological polar surface area (TPSA) is 98.5 Å². The summed E-state index contributed by atoms with van der Waals surface area (Å²) in [5.74, 6) is -0.772. The normalized spacial score (nSPS) is 46.2. The maximum Gasteiger partial charge on any atom is 0.228 e. The van der Waals surface area contributed by atoms with Crippen molar-refractivity contribution in [1.82, 2.24) is 4.90 Å². The predicted octanol–water partition coefficient (Wildman–Crippen LogP) is 4.63. The fourth-order valence-corrected chi connectivity index (χ4v) is 9.77. The number of aliphatic hydroxyl groups is 1. The van der Waals surface area contributed by atoms with E-state index in [1.807, 2.05) is 33.2 Å². The number of ketones is 2. The van der Waals surface area contributed by atoms with Gasteiger partial charge in [-0.25, -0.2) is 0 Å². The van der Waals surface area contributed by atoms with Gasteiger partial charge in [-0.05, 0) is 80.6 Å². The Morgan fingerprint density at radius 1 is 1.03 bits per heavy atom. The molecular weight excluding hydrogens is 464 g/mol. The van der Waals surface area contributed by atoms with Crippen molar-refractivity contribution in [2.24, 2.45) is 45.3 Å². The number of nitriles is 1. The van der Waals surface area contributed by atoms with Gasteiger partial charge >= 0.3 is 0 Å². The van der Waals surface area contributed by atoms with Gasteiger partial charge in [-0.1, -0.05) is 39.3 Å². The SMILES string of the molecule is CN(C)C(=O)[C@@]12CCC3C(C(=O)C=C4[C@@]5(C)C=C(C#N)C(=O)[C@@](C)(O)C5CC[C@]43C)C1CC(C)(C)CC2. The van der Waals surface area contributed by atoms with Crippen LogP contribution in [0.1, 0.15) is 79.6 Å². The molecule has 3 saturated carbocycles.